The number of para-hydroxylation sites is 1. The summed E-state index contributed by atoms with van der Waals surface area (Å²) in [6.45, 7) is 2.80. The number of hydrogen-bond acceptors (Lipinski definition) is 7. The van der Waals surface area contributed by atoms with Gasteiger partial charge in [-0.3, -0.25) is 9.38 Å². The number of carboxylic acids is 1. The van der Waals surface area contributed by atoms with Crippen LogP contribution in [0.5, 0.6) is 0 Å². The van der Waals surface area contributed by atoms with Crippen molar-refractivity contribution in [3.05, 3.63) is 84.2 Å². The lowest BCUT2D eigenvalue weighted by molar-refractivity contribution is 0.0690. The van der Waals surface area contributed by atoms with Crippen molar-refractivity contribution in [3.63, 3.8) is 0 Å². The molecule has 6 rings (SSSR count). The average Bonchev–Trinajstić information content (AvgIpc) is 3.36. The van der Waals surface area contributed by atoms with Crippen LogP contribution >= 0.6 is 0 Å². The second kappa shape index (κ2) is 9.35. The van der Waals surface area contributed by atoms with Crippen LogP contribution in [0.25, 0.3) is 27.8 Å². The number of imidazole rings is 1. The first kappa shape index (κ1) is 22.1. The van der Waals surface area contributed by atoms with Crippen molar-refractivity contribution < 1.29 is 14.6 Å². The zero-order valence-electron chi connectivity index (χ0n) is 19.5. The van der Waals surface area contributed by atoms with Crippen LogP contribution in [-0.4, -0.2) is 61.7 Å². The van der Waals surface area contributed by atoms with Gasteiger partial charge in [-0.05, 0) is 37.1 Å². The van der Waals surface area contributed by atoms with Gasteiger partial charge in [-0.1, -0.05) is 24.3 Å². The first-order valence-corrected chi connectivity index (χ1v) is 11.9. The summed E-state index contributed by atoms with van der Waals surface area (Å²) in [5, 5.41) is 10.3. The van der Waals surface area contributed by atoms with E-state index in [4.69, 9.17) is 19.7 Å². The molecule has 0 atom stereocenters. The van der Waals surface area contributed by atoms with Crippen LogP contribution in [0.15, 0.2) is 67.1 Å². The summed E-state index contributed by atoms with van der Waals surface area (Å²) in [7, 11) is 0. The van der Waals surface area contributed by atoms with Gasteiger partial charge in [0, 0.05) is 42.1 Å². The van der Waals surface area contributed by atoms with Gasteiger partial charge in [0.15, 0.2) is 11.5 Å². The molecule has 0 spiro atoms. The molecule has 1 N–H and O–H groups in total. The zero-order valence-corrected chi connectivity index (χ0v) is 19.5. The highest BCUT2D eigenvalue weighted by molar-refractivity contribution is 5.85. The Hall–Kier alpha value is -4.37. The smallest absolute Gasteiger partial charge is 0.354 e. The van der Waals surface area contributed by atoms with Gasteiger partial charge in [0.1, 0.15) is 5.69 Å². The SMILES string of the molecule is O=C(O)c1ccc(-c2cnc(N3CCOCC3)c3nc(CCc4ccc5ccccc5n4)cn23)cn1. The minimum absolute atomic E-state index is 0.00194. The van der Waals surface area contributed by atoms with E-state index in [0.29, 0.717) is 13.2 Å². The second-order valence-corrected chi connectivity index (χ2v) is 8.72. The summed E-state index contributed by atoms with van der Waals surface area (Å²) in [6, 6.07) is 15.5. The first-order valence-electron chi connectivity index (χ1n) is 11.9. The van der Waals surface area contributed by atoms with E-state index in [0.717, 1.165) is 70.9 Å². The number of anilines is 1. The van der Waals surface area contributed by atoms with Crippen LogP contribution in [-0.2, 0) is 17.6 Å². The van der Waals surface area contributed by atoms with E-state index >= 15 is 0 Å². The van der Waals surface area contributed by atoms with Gasteiger partial charge in [-0.25, -0.2) is 19.7 Å². The standard InChI is InChI=1S/C27H24N6O3/c34-27(35)23-10-6-19(15-28-23)24-16-29-25(32-11-13-36-14-12-32)26-31-21(17-33(24)26)9-8-20-7-5-18-3-1-2-4-22(18)30-20/h1-7,10,15-17H,8-9,11-14H2,(H,34,35). The molecule has 1 fully saturated rings. The molecular weight excluding hydrogens is 456 g/mol. The number of hydrogen-bond donors (Lipinski definition) is 1. The van der Waals surface area contributed by atoms with Crippen molar-refractivity contribution in [3.8, 4) is 11.3 Å². The van der Waals surface area contributed by atoms with Gasteiger partial charge in [0.05, 0.1) is 36.3 Å². The molecule has 1 aliphatic heterocycles. The summed E-state index contributed by atoms with van der Waals surface area (Å²) in [4.78, 5) is 32.0. The van der Waals surface area contributed by atoms with Crippen LogP contribution in [0.1, 0.15) is 21.9 Å². The maximum atomic E-state index is 11.2. The number of aromatic carboxylic acids is 1. The third-order valence-electron chi connectivity index (χ3n) is 6.41. The molecule has 0 aliphatic carbocycles. The highest BCUT2D eigenvalue weighted by atomic mass is 16.5. The maximum Gasteiger partial charge on any atom is 0.354 e. The minimum Gasteiger partial charge on any atom is -0.477 e. The number of aromatic nitrogens is 5. The number of morpholine rings is 1. The lowest BCUT2D eigenvalue weighted by Gasteiger charge is -2.28. The topological polar surface area (TPSA) is 106 Å². The Balaban J connectivity index is 1.36. The Kier molecular flexibility index (Phi) is 5.74. The Morgan fingerprint density at radius 2 is 1.75 bits per heavy atom. The lowest BCUT2D eigenvalue weighted by atomic mass is 10.1. The molecule has 5 aromatic rings. The van der Waals surface area contributed by atoms with Crippen molar-refractivity contribution >= 4 is 28.3 Å². The number of aryl methyl sites for hydroxylation is 2. The molecule has 180 valence electrons. The molecule has 9 nitrogen and oxygen atoms in total. The van der Waals surface area contributed by atoms with Crippen LogP contribution in [0.3, 0.4) is 0 Å². The van der Waals surface area contributed by atoms with Crippen molar-refractivity contribution in [2.75, 3.05) is 31.2 Å². The largest absolute Gasteiger partial charge is 0.477 e. The van der Waals surface area contributed by atoms with Gasteiger partial charge in [-0.15, -0.1) is 0 Å². The molecule has 36 heavy (non-hydrogen) atoms. The molecule has 0 amide bonds. The molecule has 0 unspecified atom stereocenters. The van der Waals surface area contributed by atoms with Crippen LogP contribution < -0.4 is 4.90 Å². The predicted octanol–water partition coefficient (Wildman–Crippen LogP) is 3.66. The van der Waals surface area contributed by atoms with E-state index in [1.165, 1.54) is 6.07 Å². The quantitative estimate of drug-likeness (QED) is 0.393. The maximum absolute atomic E-state index is 11.2. The number of fused-ring (bicyclic) bond motifs is 2. The van der Waals surface area contributed by atoms with Crippen LogP contribution in [0.4, 0.5) is 5.82 Å². The molecule has 1 saturated heterocycles. The summed E-state index contributed by atoms with van der Waals surface area (Å²) in [5.41, 5.74) is 5.28. The normalized spacial score (nSPS) is 13.9. The number of rotatable bonds is 6. The Labute approximate surface area is 207 Å². The third-order valence-corrected chi connectivity index (χ3v) is 6.41. The summed E-state index contributed by atoms with van der Waals surface area (Å²) in [6.07, 6.45) is 6.88. The van der Waals surface area contributed by atoms with Gasteiger partial charge < -0.3 is 14.7 Å². The first-order chi connectivity index (χ1) is 17.7. The fourth-order valence-electron chi connectivity index (χ4n) is 4.52. The van der Waals surface area contributed by atoms with Crippen molar-refractivity contribution in [1.82, 2.24) is 24.3 Å². The van der Waals surface area contributed by atoms with Gasteiger partial charge in [0.25, 0.3) is 0 Å². The summed E-state index contributed by atoms with van der Waals surface area (Å²) in [5.74, 6) is -0.244. The number of carbonyl (C=O) groups is 1. The van der Waals surface area contributed by atoms with Crippen molar-refractivity contribution in [2.24, 2.45) is 0 Å². The summed E-state index contributed by atoms with van der Waals surface area (Å²) < 4.78 is 7.55. The van der Waals surface area contributed by atoms with Gasteiger partial charge in [0.2, 0.25) is 0 Å². The Morgan fingerprint density at radius 3 is 2.56 bits per heavy atom. The Bertz CT molecular complexity index is 1560. The highest BCUT2D eigenvalue weighted by Gasteiger charge is 2.20. The number of ether oxygens (including phenoxy) is 1. The molecule has 5 heterocycles. The average molecular weight is 481 g/mol. The van der Waals surface area contributed by atoms with Gasteiger partial charge in [-0.2, -0.15) is 0 Å². The molecule has 1 aliphatic rings. The van der Waals surface area contributed by atoms with Gasteiger partial charge >= 0.3 is 5.97 Å². The van der Waals surface area contributed by atoms with Crippen LogP contribution in [0, 0.1) is 0 Å². The number of benzene rings is 1. The monoisotopic (exact) mass is 480 g/mol. The molecular formula is C27H24N6O3. The number of nitrogens with zero attached hydrogens (tertiary/aromatic N) is 6. The van der Waals surface area contributed by atoms with E-state index in [-0.39, 0.29) is 5.69 Å². The molecule has 9 heteroatoms. The number of carboxylic acid groups (broad SMARTS) is 1. The molecule has 0 bridgehead atoms. The van der Waals surface area contributed by atoms with E-state index in [1.807, 2.05) is 28.8 Å². The molecule has 1 aromatic carbocycles. The second-order valence-electron chi connectivity index (χ2n) is 8.72. The highest BCUT2D eigenvalue weighted by Crippen LogP contribution is 2.27. The fourth-order valence-corrected chi connectivity index (χ4v) is 4.52. The van der Waals surface area contributed by atoms with E-state index in [9.17, 15) is 9.90 Å². The summed E-state index contributed by atoms with van der Waals surface area (Å²) >= 11 is 0. The molecule has 0 saturated carbocycles. The number of pyridine rings is 2. The molecule has 0 radical (unpaired) electrons. The van der Waals surface area contributed by atoms with E-state index in [2.05, 4.69) is 28.1 Å². The van der Waals surface area contributed by atoms with E-state index < -0.39 is 5.97 Å². The predicted molar refractivity (Wildman–Crippen MR) is 135 cm³/mol. The van der Waals surface area contributed by atoms with Crippen LogP contribution in [0.2, 0.25) is 0 Å². The van der Waals surface area contributed by atoms with E-state index in [1.54, 1.807) is 18.5 Å². The fraction of sp³-hybridized carbons (Fsp3) is 0.222. The van der Waals surface area contributed by atoms with Crippen molar-refractivity contribution in [1.29, 1.82) is 0 Å². The lowest BCUT2D eigenvalue weighted by Crippen LogP contribution is -2.37. The zero-order chi connectivity index (χ0) is 24.5. The van der Waals surface area contributed by atoms with Crippen molar-refractivity contribution in [2.45, 2.75) is 12.8 Å². The Morgan fingerprint density at radius 1 is 0.917 bits per heavy atom. The third kappa shape index (κ3) is 4.25. The molecule has 4 aromatic heterocycles. The minimum atomic E-state index is -1.06.